The standard InChI is InChI=1S/C10H14O3/c1-2-12-8-10(11)13-9-6-4-3-5-7-9/h3-7,10-11H,2,8H2,1H3. The predicted molar refractivity (Wildman–Crippen MR) is 49.6 cm³/mol. The molecule has 0 bridgehead atoms. The summed E-state index contributed by atoms with van der Waals surface area (Å²) in [6.45, 7) is 2.65. The maximum atomic E-state index is 9.29. The number of para-hydroxylation sites is 1. The van der Waals surface area contributed by atoms with Gasteiger partial charge >= 0.3 is 0 Å². The number of aliphatic hydroxyl groups excluding tert-OH is 1. The number of rotatable bonds is 5. The lowest BCUT2D eigenvalue weighted by Gasteiger charge is -2.12. The molecule has 0 aliphatic carbocycles. The van der Waals surface area contributed by atoms with Crippen LogP contribution < -0.4 is 4.74 Å². The highest BCUT2D eigenvalue weighted by molar-refractivity contribution is 5.20. The van der Waals surface area contributed by atoms with Gasteiger partial charge in [0, 0.05) is 6.61 Å². The number of benzene rings is 1. The number of hydrogen-bond donors (Lipinski definition) is 1. The van der Waals surface area contributed by atoms with E-state index in [-0.39, 0.29) is 6.61 Å². The minimum absolute atomic E-state index is 0.200. The van der Waals surface area contributed by atoms with Crippen LogP contribution in [0.25, 0.3) is 0 Å². The van der Waals surface area contributed by atoms with Gasteiger partial charge in [-0.05, 0) is 19.1 Å². The average Bonchev–Trinajstić information content (AvgIpc) is 2.16. The van der Waals surface area contributed by atoms with E-state index in [0.717, 1.165) is 0 Å². The molecule has 3 nitrogen and oxygen atoms in total. The van der Waals surface area contributed by atoms with E-state index >= 15 is 0 Å². The van der Waals surface area contributed by atoms with Gasteiger partial charge in [0.25, 0.3) is 0 Å². The van der Waals surface area contributed by atoms with Crippen molar-refractivity contribution in [3.8, 4) is 5.75 Å². The van der Waals surface area contributed by atoms with Crippen molar-refractivity contribution in [1.82, 2.24) is 0 Å². The monoisotopic (exact) mass is 182 g/mol. The summed E-state index contributed by atoms with van der Waals surface area (Å²) in [7, 11) is 0. The summed E-state index contributed by atoms with van der Waals surface area (Å²) < 4.78 is 10.1. The van der Waals surface area contributed by atoms with Crippen molar-refractivity contribution in [1.29, 1.82) is 0 Å². The van der Waals surface area contributed by atoms with E-state index in [9.17, 15) is 5.11 Å². The van der Waals surface area contributed by atoms with Gasteiger partial charge in [0.05, 0.1) is 0 Å². The van der Waals surface area contributed by atoms with Gasteiger partial charge in [-0.15, -0.1) is 0 Å². The summed E-state index contributed by atoms with van der Waals surface area (Å²) in [6, 6.07) is 9.16. The van der Waals surface area contributed by atoms with Crippen molar-refractivity contribution in [2.75, 3.05) is 13.2 Å². The molecule has 0 spiro atoms. The number of hydrogen-bond acceptors (Lipinski definition) is 3. The molecule has 0 saturated carbocycles. The zero-order valence-corrected chi connectivity index (χ0v) is 7.64. The molecule has 1 aromatic carbocycles. The first kappa shape index (κ1) is 10.0. The van der Waals surface area contributed by atoms with Crippen LogP contribution in [-0.2, 0) is 4.74 Å². The Morgan fingerprint density at radius 2 is 2.00 bits per heavy atom. The van der Waals surface area contributed by atoms with Gasteiger partial charge < -0.3 is 14.6 Å². The maximum Gasteiger partial charge on any atom is 0.221 e. The molecule has 1 unspecified atom stereocenters. The van der Waals surface area contributed by atoms with Crippen LogP contribution >= 0.6 is 0 Å². The first-order chi connectivity index (χ1) is 6.33. The summed E-state index contributed by atoms with van der Waals surface area (Å²) in [5.74, 6) is 0.648. The molecule has 13 heavy (non-hydrogen) atoms. The molecule has 0 radical (unpaired) electrons. The van der Waals surface area contributed by atoms with Crippen molar-refractivity contribution in [3.05, 3.63) is 30.3 Å². The summed E-state index contributed by atoms with van der Waals surface area (Å²) >= 11 is 0. The second-order valence-electron chi connectivity index (χ2n) is 2.55. The van der Waals surface area contributed by atoms with Crippen LogP contribution in [0.15, 0.2) is 30.3 Å². The van der Waals surface area contributed by atoms with Crippen molar-refractivity contribution in [3.63, 3.8) is 0 Å². The van der Waals surface area contributed by atoms with Crippen LogP contribution in [0.3, 0.4) is 0 Å². The topological polar surface area (TPSA) is 38.7 Å². The SMILES string of the molecule is CCOCC(O)Oc1ccccc1. The molecule has 1 N–H and O–H groups in total. The number of aliphatic hydroxyl groups is 1. The molecule has 0 aliphatic rings. The third kappa shape index (κ3) is 3.92. The Balaban J connectivity index is 2.32. The van der Waals surface area contributed by atoms with Crippen LogP contribution in [-0.4, -0.2) is 24.6 Å². The lowest BCUT2D eigenvalue weighted by Crippen LogP contribution is -2.22. The lowest BCUT2D eigenvalue weighted by molar-refractivity contribution is -0.0749. The van der Waals surface area contributed by atoms with Crippen LogP contribution in [0.5, 0.6) is 5.75 Å². The van der Waals surface area contributed by atoms with E-state index in [4.69, 9.17) is 9.47 Å². The summed E-state index contributed by atoms with van der Waals surface area (Å²) in [6.07, 6.45) is -0.887. The minimum Gasteiger partial charge on any atom is -0.463 e. The fourth-order valence-corrected chi connectivity index (χ4v) is 0.909. The van der Waals surface area contributed by atoms with Gasteiger partial charge in [0.2, 0.25) is 6.29 Å². The quantitative estimate of drug-likeness (QED) is 0.700. The molecule has 1 rings (SSSR count). The Kier molecular flexibility index (Phi) is 4.29. The van der Waals surface area contributed by atoms with Gasteiger partial charge in [-0.25, -0.2) is 0 Å². The van der Waals surface area contributed by atoms with Gasteiger partial charge in [-0.2, -0.15) is 0 Å². The Morgan fingerprint density at radius 1 is 1.31 bits per heavy atom. The third-order valence-electron chi connectivity index (χ3n) is 1.48. The summed E-state index contributed by atoms with van der Waals surface area (Å²) in [5, 5.41) is 9.29. The van der Waals surface area contributed by atoms with Crippen molar-refractivity contribution in [2.24, 2.45) is 0 Å². The van der Waals surface area contributed by atoms with E-state index in [0.29, 0.717) is 12.4 Å². The Labute approximate surface area is 77.9 Å². The average molecular weight is 182 g/mol. The number of ether oxygens (including phenoxy) is 2. The fourth-order valence-electron chi connectivity index (χ4n) is 0.909. The van der Waals surface area contributed by atoms with E-state index < -0.39 is 6.29 Å². The van der Waals surface area contributed by atoms with Crippen LogP contribution in [0.4, 0.5) is 0 Å². The first-order valence-electron chi connectivity index (χ1n) is 4.30. The predicted octanol–water partition coefficient (Wildman–Crippen LogP) is 1.42. The summed E-state index contributed by atoms with van der Waals surface area (Å²) in [5.41, 5.74) is 0. The molecule has 1 aromatic rings. The molecule has 72 valence electrons. The van der Waals surface area contributed by atoms with E-state index in [1.807, 2.05) is 25.1 Å². The highest BCUT2D eigenvalue weighted by atomic mass is 16.6. The molecule has 0 aromatic heterocycles. The zero-order chi connectivity index (χ0) is 9.52. The molecule has 0 fully saturated rings. The zero-order valence-electron chi connectivity index (χ0n) is 7.64. The fraction of sp³-hybridized carbons (Fsp3) is 0.400. The van der Waals surface area contributed by atoms with Gasteiger partial charge in [0.1, 0.15) is 12.4 Å². The smallest absolute Gasteiger partial charge is 0.221 e. The highest BCUT2D eigenvalue weighted by Gasteiger charge is 2.03. The Bertz CT molecular complexity index is 223. The molecule has 0 saturated heterocycles. The van der Waals surface area contributed by atoms with Gasteiger partial charge in [-0.3, -0.25) is 0 Å². The normalized spacial score (nSPS) is 12.5. The van der Waals surface area contributed by atoms with Crippen molar-refractivity contribution >= 4 is 0 Å². The molecule has 0 aliphatic heterocycles. The van der Waals surface area contributed by atoms with E-state index in [1.54, 1.807) is 12.1 Å². The van der Waals surface area contributed by atoms with Gasteiger partial charge in [-0.1, -0.05) is 18.2 Å². The van der Waals surface area contributed by atoms with Crippen LogP contribution in [0.1, 0.15) is 6.92 Å². The first-order valence-corrected chi connectivity index (χ1v) is 4.30. The van der Waals surface area contributed by atoms with Crippen molar-refractivity contribution in [2.45, 2.75) is 13.2 Å². The van der Waals surface area contributed by atoms with E-state index in [1.165, 1.54) is 0 Å². The largest absolute Gasteiger partial charge is 0.463 e. The molecule has 0 heterocycles. The lowest BCUT2D eigenvalue weighted by atomic mass is 10.3. The van der Waals surface area contributed by atoms with Crippen molar-refractivity contribution < 1.29 is 14.6 Å². The second-order valence-corrected chi connectivity index (χ2v) is 2.55. The summed E-state index contributed by atoms with van der Waals surface area (Å²) in [4.78, 5) is 0. The molecular formula is C10H14O3. The van der Waals surface area contributed by atoms with Crippen LogP contribution in [0, 0.1) is 0 Å². The van der Waals surface area contributed by atoms with Crippen LogP contribution in [0.2, 0.25) is 0 Å². The molecule has 1 atom stereocenters. The molecule has 0 amide bonds. The Hall–Kier alpha value is -1.06. The second kappa shape index (κ2) is 5.56. The molecular weight excluding hydrogens is 168 g/mol. The van der Waals surface area contributed by atoms with E-state index in [2.05, 4.69) is 0 Å². The maximum absolute atomic E-state index is 9.29. The highest BCUT2D eigenvalue weighted by Crippen LogP contribution is 2.09. The van der Waals surface area contributed by atoms with Gasteiger partial charge in [0.15, 0.2) is 0 Å². The Morgan fingerprint density at radius 3 is 2.62 bits per heavy atom. The third-order valence-corrected chi connectivity index (χ3v) is 1.48. The minimum atomic E-state index is -0.887. The molecule has 3 heteroatoms.